The molecule has 86 valence electrons. The summed E-state index contributed by atoms with van der Waals surface area (Å²) in [6, 6.07) is 0. The molecular formula is C11H15N3O2. The van der Waals surface area contributed by atoms with Crippen molar-refractivity contribution < 1.29 is 9.53 Å². The summed E-state index contributed by atoms with van der Waals surface area (Å²) in [6.07, 6.45) is 0.922. The van der Waals surface area contributed by atoms with E-state index < -0.39 is 0 Å². The van der Waals surface area contributed by atoms with Gasteiger partial charge in [0.25, 0.3) is 0 Å². The summed E-state index contributed by atoms with van der Waals surface area (Å²) in [5.41, 5.74) is 3.54. The lowest BCUT2D eigenvalue weighted by molar-refractivity contribution is -0.133. The van der Waals surface area contributed by atoms with Crippen LogP contribution in [0.2, 0.25) is 0 Å². The molecule has 1 amide bonds. The van der Waals surface area contributed by atoms with E-state index >= 15 is 0 Å². The quantitative estimate of drug-likeness (QED) is 0.748. The summed E-state index contributed by atoms with van der Waals surface area (Å²) in [5.74, 6) is 0.544. The van der Waals surface area contributed by atoms with Crippen molar-refractivity contribution in [3.63, 3.8) is 0 Å². The minimum atomic E-state index is 0.150. The van der Waals surface area contributed by atoms with Gasteiger partial charge >= 0.3 is 0 Å². The summed E-state index contributed by atoms with van der Waals surface area (Å²) in [5, 5.41) is 7.46. The molecular weight excluding hydrogens is 206 g/mol. The number of H-pyrrole nitrogens is 1. The maximum absolute atomic E-state index is 11.1. The van der Waals surface area contributed by atoms with Crippen LogP contribution in [0.1, 0.15) is 29.8 Å². The van der Waals surface area contributed by atoms with E-state index in [1.54, 1.807) is 6.92 Å². The van der Waals surface area contributed by atoms with Crippen LogP contribution >= 0.6 is 0 Å². The first-order chi connectivity index (χ1) is 7.75. The maximum atomic E-state index is 11.1. The zero-order valence-electron chi connectivity index (χ0n) is 9.32. The summed E-state index contributed by atoms with van der Waals surface area (Å²) in [6.45, 7) is 4.65. The zero-order chi connectivity index (χ0) is 11.1. The van der Waals surface area contributed by atoms with Gasteiger partial charge in [0.05, 0.1) is 18.9 Å². The highest BCUT2D eigenvalue weighted by Gasteiger charge is 2.34. The molecule has 0 aromatic carbocycles. The van der Waals surface area contributed by atoms with E-state index in [4.69, 9.17) is 4.74 Å². The van der Waals surface area contributed by atoms with Crippen molar-refractivity contribution in [2.75, 3.05) is 19.7 Å². The molecule has 0 spiro atoms. The second-order valence-electron chi connectivity index (χ2n) is 4.49. The van der Waals surface area contributed by atoms with E-state index in [0.717, 1.165) is 31.8 Å². The van der Waals surface area contributed by atoms with E-state index in [1.165, 1.54) is 11.3 Å². The Morgan fingerprint density at radius 3 is 3.12 bits per heavy atom. The summed E-state index contributed by atoms with van der Waals surface area (Å²) >= 11 is 0. The fourth-order valence-corrected chi connectivity index (χ4v) is 2.38. The van der Waals surface area contributed by atoms with Gasteiger partial charge in [0, 0.05) is 43.6 Å². The number of rotatable bonds is 1. The van der Waals surface area contributed by atoms with Gasteiger partial charge in [0.2, 0.25) is 5.91 Å². The SMILES string of the molecule is CC(=O)N1CC(c2n[nH]c3c2COCC3)C1. The number of carbonyl (C=O) groups is 1. The van der Waals surface area contributed by atoms with Gasteiger partial charge in [-0.05, 0) is 0 Å². The van der Waals surface area contributed by atoms with E-state index in [9.17, 15) is 4.79 Å². The zero-order valence-corrected chi connectivity index (χ0v) is 9.32. The fourth-order valence-electron chi connectivity index (χ4n) is 2.38. The molecule has 0 saturated carbocycles. The van der Waals surface area contributed by atoms with Gasteiger partial charge in [-0.2, -0.15) is 5.10 Å². The molecule has 1 saturated heterocycles. The van der Waals surface area contributed by atoms with Crippen molar-refractivity contribution in [3.05, 3.63) is 17.0 Å². The van der Waals surface area contributed by atoms with Crippen molar-refractivity contribution >= 4 is 5.91 Å². The van der Waals surface area contributed by atoms with Gasteiger partial charge < -0.3 is 9.64 Å². The first-order valence-corrected chi connectivity index (χ1v) is 5.65. The summed E-state index contributed by atoms with van der Waals surface area (Å²) < 4.78 is 5.45. The largest absolute Gasteiger partial charge is 0.376 e. The highest BCUT2D eigenvalue weighted by atomic mass is 16.5. The predicted molar refractivity (Wildman–Crippen MR) is 56.9 cm³/mol. The Kier molecular flexibility index (Phi) is 2.21. The molecule has 3 rings (SSSR count). The highest BCUT2D eigenvalue weighted by molar-refractivity contribution is 5.74. The van der Waals surface area contributed by atoms with E-state index in [1.807, 2.05) is 4.90 Å². The third kappa shape index (κ3) is 1.43. The number of nitrogens with zero attached hydrogens (tertiary/aromatic N) is 2. The topological polar surface area (TPSA) is 58.2 Å². The van der Waals surface area contributed by atoms with Crippen LogP contribution in [-0.4, -0.2) is 40.7 Å². The Morgan fingerprint density at radius 1 is 1.56 bits per heavy atom. The van der Waals surface area contributed by atoms with Crippen LogP contribution < -0.4 is 0 Å². The van der Waals surface area contributed by atoms with E-state index in [0.29, 0.717) is 12.5 Å². The number of ether oxygens (including phenoxy) is 1. The van der Waals surface area contributed by atoms with Gasteiger partial charge in [-0.25, -0.2) is 0 Å². The second kappa shape index (κ2) is 3.59. The van der Waals surface area contributed by atoms with Crippen LogP contribution in [0, 0.1) is 0 Å². The smallest absolute Gasteiger partial charge is 0.219 e. The van der Waals surface area contributed by atoms with Gasteiger partial charge in [0.1, 0.15) is 0 Å². The molecule has 0 aliphatic carbocycles. The Labute approximate surface area is 93.8 Å². The van der Waals surface area contributed by atoms with Crippen molar-refractivity contribution in [3.8, 4) is 0 Å². The molecule has 2 aliphatic heterocycles. The van der Waals surface area contributed by atoms with E-state index in [-0.39, 0.29) is 5.91 Å². The lowest BCUT2D eigenvalue weighted by Crippen LogP contribution is -2.47. The maximum Gasteiger partial charge on any atom is 0.219 e. The molecule has 1 aromatic rings. The third-order valence-corrected chi connectivity index (χ3v) is 3.44. The molecule has 5 nitrogen and oxygen atoms in total. The first kappa shape index (κ1) is 9.84. The van der Waals surface area contributed by atoms with Gasteiger partial charge in [0.15, 0.2) is 0 Å². The van der Waals surface area contributed by atoms with Crippen LogP contribution in [0.25, 0.3) is 0 Å². The molecule has 1 fully saturated rings. The van der Waals surface area contributed by atoms with Crippen LogP contribution in [0.3, 0.4) is 0 Å². The van der Waals surface area contributed by atoms with Crippen molar-refractivity contribution in [2.24, 2.45) is 0 Å². The molecule has 0 unspecified atom stereocenters. The number of aromatic nitrogens is 2. The molecule has 2 aliphatic rings. The Morgan fingerprint density at radius 2 is 2.38 bits per heavy atom. The van der Waals surface area contributed by atoms with Crippen LogP contribution in [-0.2, 0) is 22.6 Å². The van der Waals surface area contributed by atoms with Crippen LogP contribution in [0.5, 0.6) is 0 Å². The lowest BCUT2D eigenvalue weighted by Gasteiger charge is -2.38. The second-order valence-corrected chi connectivity index (χ2v) is 4.49. The number of amides is 1. The lowest BCUT2D eigenvalue weighted by atomic mass is 9.92. The summed E-state index contributed by atoms with van der Waals surface area (Å²) in [4.78, 5) is 12.9. The number of hydrogen-bond donors (Lipinski definition) is 1. The number of nitrogens with one attached hydrogen (secondary N) is 1. The van der Waals surface area contributed by atoms with Gasteiger partial charge in [-0.3, -0.25) is 9.89 Å². The monoisotopic (exact) mass is 221 g/mol. The first-order valence-electron chi connectivity index (χ1n) is 5.65. The molecule has 16 heavy (non-hydrogen) atoms. The Balaban J connectivity index is 1.76. The number of likely N-dealkylation sites (tertiary alicyclic amines) is 1. The van der Waals surface area contributed by atoms with Crippen LogP contribution in [0.15, 0.2) is 0 Å². The standard InChI is InChI=1S/C11H15N3O2/c1-7(15)14-4-8(5-14)11-9-6-16-3-2-10(9)12-13-11/h8H,2-6H2,1H3,(H,12,13). The van der Waals surface area contributed by atoms with Crippen LogP contribution in [0.4, 0.5) is 0 Å². The highest BCUT2D eigenvalue weighted by Crippen LogP contribution is 2.31. The molecule has 5 heteroatoms. The molecule has 0 bridgehead atoms. The minimum absolute atomic E-state index is 0.150. The molecule has 1 aromatic heterocycles. The molecule has 3 heterocycles. The number of carbonyl (C=O) groups excluding carboxylic acids is 1. The number of hydrogen-bond acceptors (Lipinski definition) is 3. The van der Waals surface area contributed by atoms with Crippen molar-refractivity contribution in [1.82, 2.24) is 15.1 Å². The average Bonchev–Trinajstić information content (AvgIpc) is 2.60. The molecule has 0 atom stereocenters. The Bertz CT molecular complexity index is 421. The number of aromatic amines is 1. The average molecular weight is 221 g/mol. The number of fused-ring (bicyclic) bond motifs is 1. The Hall–Kier alpha value is -1.36. The van der Waals surface area contributed by atoms with Crippen molar-refractivity contribution in [1.29, 1.82) is 0 Å². The summed E-state index contributed by atoms with van der Waals surface area (Å²) in [7, 11) is 0. The van der Waals surface area contributed by atoms with E-state index in [2.05, 4.69) is 10.2 Å². The third-order valence-electron chi connectivity index (χ3n) is 3.44. The normalized spacial score (nSPS) is 20.4. The fraction of sp³-hybridized carbons (Fsp3) is 0.636. The predicted octanol–water partition coefficient (Wildman–Crippen LogP) is 0.428. The minimum Gasteiger partial charge on any atom is -0.376 e. The molecule has 0 radical (unpaired) electrons. The molecule has 1 N–H and O–H groups in total. The van der Waals surface area contributed by atoms with Crippen molar-refractivity contribution in [2.45, 2.75) is 25.9 Å². The van der Waals surface area contributed by atoms with Gasteiger partial charge in [-0.15, -0.1) is 0 Å². The van der Waals surface area contributed by atoms with Gasteiger partial charge in [-0.1, -0.05) is 0 Å².